The molecule has 69 valence electrons. The van der Waals surface area contributed by atoms with Crippen LogP contribution in [0.3, 0.4) is 0 Å². The van der Waals surface area contributed by atoms with Gasteiger partial charge in [0, 0.05) is 6.42 Å². The Morgan fingerprint density at radius 1 is 0.462 bits per heavy atom. The van der Waals surface area contributed by atoms with Gasteiger partial charge in [-0.25, -0.2) is 0 Å². The minimum Gasteiger partial charge on any atom is -0.0876 e. The molecule has 0 saturated carbocycles. The summed E-state index contributed by atoms with van der Waals surface area (Å²) in [5.41, 5.74) is 0. The van der Waals surface area contributed by atoms with Crippen molar-refractivity contribution in [3.8, 4) is 0 Å². The topological polar surface area (TPSA) is 0 Å². The zero-order valence-corrected chi connectivity index (χ0v) is 8.02. The molecular weight excluding hydrogens is 156 g/mol. The van der Waals surface area contributed by atoms with Gasteiger partial charge in [-0.1, -0.05) is 48.6 Å². The fourth-order valence-corrected chi connectivity index (χ4v) is 1.15. The maximum atomic E-state index is 2.21. The lowest BCUT2D eigenvalue weighted by atomic mass is 10.2. The second-order valence-electron chi connectivity index (χ2n) is 3.06. The SMILES string of the molecule is [CH]1/C=C/CC/C=C\C=C\CC/C=C/1. The molecule has 1 aliphatic rings. The second-order valence-corrected chi connectivity index (χ2v) is 3.06. The third-order valence-corrected chi connectivity index (χ3v) is 1.88. The average molecular weight is 173 g/mol. The maximum Gasteiger partial charge on any atom is 0.00441 e. The van der Waals surface area contributed by atoms with Crippen LogP contribution in [0.2, 0.25) is 0 Å². The van der Waals surface area contributed by atoms with Gasteiger partial charge >= 0.3 is 0 Å². The molecule has 1 aliphatic carbocycles. The molecule has 0 saturated heterocycles. The summed E-state index contributed by atoms with van der Waals surface area (Å²) in [6.07, 6.45) is 24.0. The highest BCUT2D eigenvalue weighted by Crippen LogP contribution is 1.99. The Bertz CT molecular complexity index is 192. The summed E-state index contributed by atoms with van der Waals surface area (Å²) >= 11 is 0. The molecule has 0 atom stereocenters. The first kappa shape index (κ1) is 10.0. The molecule has 1 rings (SSSR count). The van der Waals surface area contributed by atoms with Crippen LogP contribution in [0.25, 0.3) is 0 Å². The quantitative estimate of drug-likeness (QED) is 0.519. The van der Waals surface area contributed by atoms with E-state index in [-0.39, 0.29) is 0 Å². The molecule has 0 unspecified atom stereocenters. The lowest BCUT2D eigenvalue weighted by Crippen LogP contribution is -1.65. The van der Waals surface area contributed by atoms with E-state index in [9.17, 15) is 0 Å². The van der Waals surface area contributed by atoms with Crippen molar-refractivity contribution >= 4 is 0 Å². The summed E-state index contributed by atoms with van der Waals surface area (Å²) in [6, 6.07) is 0. The highest BCUT2D eigenvalue weighted by Gasteiger charge is 1.79. The fourth-order valence-electron chi connectivity index (χ4n) is 1.15. The van der Waals surface area contributed by atoms with Crippen molar-refractivity contribution in [2.24, 2.45) is 0 Å². The van der Waals surface area contributed by atoms with E-state index in [0.29, 0.717) is 0 Å². The van der Waals surface area contributed by atoms with E-state index in [1.165, 1.54) is 0 Å². The maximum absolute atomic E-state index is 2.21. The molecule has 0 amide bonds. The Balaban J connectivity index is 2.38. The van der Waals surface area contributed by atoms with Crippen molar-refractivity contribution in [3.05, 3.63) is 55.0 Å². The molecule has 0 aromatic rings. The summed E-state index contributed by atoms with van der Waals surface area (Å²) in [5.74, 6) is 0. The summed E-state index contributed by atoms with van der Waals surface area (Å²) in [4.78, 5) is 0. The summed E-state index contributed by atoms with van der Waals surface area (Å²) in [6.45, 7) is 0. The molecule has 0 heteroatoms. The van der Waals surface area contributed by atoms with Crippen molar-refractivity contribution in [2.45, 2.75) is 25.7 Å². The van der Waals surface area contributed by atoms with Gasteiger partial charge in [0.2, 0.25) is 0 Å². The first-order chi connectivity index (χ1) is 6.50. The molecule has 0 nitrogen and oxygen atoms in total. The Hall–Kier alpha value is -1.04. The van der Waals surface area contributed by atoms with Crippen molar-refractivity contribution < 1.29 is 0 Å². The first-order valence-corrected chi connectivity index (χ1v) is 4.97. The van der Waals surface area contributed by atoms with Gasteiger partial charge in [0.05, 0.1) is 0 Å². The molecule has 1 radical (unpaired) electrons. The number of hydrogen-bond donors (Lipinski definition) is 0. The van der Waals surface area contributed by atoms with E-state index in [1.807, 2.05) is 0 Å². The lowest BCUT2D eigenvalue weighted by molar-refractivity contribution is 1.05. The third kappa shape index (κ3) is 6.15. The van der Waals surface area contributed by atoms with Gasteiger partial charge in [0.1, 0.15) is 0 Å². The van der Waals surface area contributed by atoms with Crippen molar-refractivity contribution in [1.82, 2.24) is 0 Å². The largest absolute Gasteiger partial charge is 0.0876 e. The van der Waals surface area contributed by atoms with Crippen molar-refractivity contribution in [3.63, 3.8) is 0 Å². The zero-order valence-electron chi connectivity index (χ0n) is 8.02. The number of hydrogen-bond acceptors (Lipinski definition) is 0. The molecule has 13 heavy (non-hydrogen) atoms. The van der Waals surface area contributed by atoms with Crippen LogP contribution in [0.4, 0.5) is 0 Å². The van der Waals surface area contributed by atoms with Crippen LogP contribution in [0.1, 0.15) is 25.7 Å². The average Bonchev–Trinajstić information content (AvgIpc) is 2.18. The van der Waals surface area contributed by atoms with Crippen LogP contribution < -0.4 is 0 Å². The highest BCUT2D eigenvalue weighted by atomic mass is 13.9. The first-order valence-electron chi connectivity index (χ1n) is 4.97. The van der Waals surface area contributed by atoms with E-state index in [2.05, 4.69) is 55.0 Å². The predicted molar refractivity (Wildman–Crippen MR) is 59.3 cm³/mol. The van der Waals surface area contributed by atoms with Crippen LogP contribution in [0.15, 0.2) is 48.6 Å². The van der Waals surface area contributed by atoms with Gasteiger partial charge in [0.15, 0.2) is 0 Å². The Morgan fingerprint density at radius 2 is 0.846 bits per heavy atom. The number of allylic oxidation sites excluding steroid dienone is 8. The van der Waals surface area contributed by atoms with Gasteiger partial charge in [0.25, 0.3) is 0 Å². The van der Waals surface area contributed by atoms with Crippen molar-refractivity contribution in [1.29, 1.82) is 0 Å². The molecule has 0 N–H and O–H groups in total. The molecular formula is C13H17. The van der Waals surface area contributed by atoms with Gasteiger partial charge in [-0.15, -0.1) is 0 Å². The Kier molecular flexibility index (Phi) is 5.87. The van der Waals surface area contributed by atoms with E-state index in [1.54, 1.807) is 0 Å². The minimum absolute atomic E-state index is 1.13. The van der Waals surface area contributed by atoms with Crippen LogP contribution in [-0.2, 0) is 0 Å². The molecule has 0 heterocycles. The summed E-state index contributed by atoms with van der Waals surface area (Å²) in [5, 5.41) is 0. The summed E-state index contributed by atoms with van der Waals surface area (Å²) < 4.78 is 0. The summed E-state index contributed by atoms with van der Waals surface area (Å²) in [7, 11) is 0. The normalized spacial score (nSPS) is 28.9. The second kappa shape index (κ2) is 7.60. The van der Waals surface area contributed by atoms with E-state index >= 15 is 0 Å². The van der Waals surface area contributed by atoms with E-state index < -0.39 is 0 Å². The molecule has 0 bridgehead atoms. The molecule has 0 spiro atoms. The monoisotopic (exact) mass is 173 g/mol. The van der Waals surface area contributed by atoms with Crippen molar-refractivity contribution in [2.75, 3.05) is 0 Å². The van der Waals surface area contributed by atoms with Gasteiger partial charge in [-0.2, -0.15) is 0 Å². The zero-order chi connectivity index (χ0) is 9.19. The van der Waals surface area contributed by atoms with E-state index in [0.717, 1.165) is 25.7 Å². The van der Waals surface area contributed by atoms with Gasteiger partial charge in [-0.05, 0) is 25.7 Å². The Labute approximate surface area is 81.4 Å². The van der Waals surface area contributed by atoms with Crippen LogP contribution in [-0.4, -0.2) is 0 Å². The Morgan fingerprint density at radius 3 is 1.31 bits per heavy atom. The van der Waals surface area contributed by atoms with Crippen LogP contribution in [0, 0.1) is 6.42 Å². The third-order valence-electron chi connectivity index (χ3n) is 1.88. The standard InChI is InChI=1S/C13H17/c1-2-4-6-8-10-12-13-11-9-7-5-3-1/h1-5,10-13H,6-9H2/b4-2+,5-3+,12-10-,13-11+. The lowest BCUT2D eigenvalue weighted by Gasteiger charge is -1.85. The molecule has 0 aliphatic heterocycles. The highest BCUT2D eigenvalue weighted by molar-refractivity contribution is 5.10. The van der Waals surface area contributed by atoms with Gasteiger partial charge < -0.3 is 0 Å². The number of rotatable bonds is 0. The molecule has 0 aromatic carbocycles. The molecule has 0 fully saturated rings. The molecule has 0 aromatic heterocycles. The van der Waals surface area contributed by atoms with Crippen LogP contribution in [0.5, 0.6) is 0 Å². The van der Waals surface area contributed by atoms with Crippen LogP contribution >= 0.6 is 0 Å². The smallest absolute Gasteiger partial charge is 0.00441 e. The predicted octanol–water partition coefficient (Wildman–Crippen LogP) is 3.99. The fraction of sp³-hybridized carbons (Fsp3) is 0.308. The van der Waals surface area contributed by atoms with Gasteiger partial charge in [-0.3, -0.25) is 0 Å². The van der Waals surface area contributed by atoms with E-state index in [4.69, 9.17) is 0 Å². The minimum atomic E-state index is 1.13.